The highest BCUT2D eigenvalue weighted by atomic mass is 32.2. The van der Waals surface area contributed by atoms with Gasteiger partial charge in [-0.2, -0.15) is 0 Å². The Morgan fingerprint density at radius 3 is 1.91 bits per heavy atom. The van der Waals surface area contributed by atoms with Crippen LogP contribution in [0.5, 0.6) is 5.75 Å². The van der Waals surface area contributed by atoms with Crippen LogP contribution in [-0.2, 0) is 36.4 Å². The minimum Gasteiger partial charge on any atom is -0.487 e. The summed E-state index contributed by atoms with van der Waals surface area (Å²) in [5.41, 5.74) is 4.13. The molecule has 0 fully saturated rings. The molecule has 3 nitrogen and oxygen atoms in total. The van der Waals surface area contributed by atoms with Gasteiger partial charge in [0, 0.05) is 0 Å². The maximum Gasteiger partial charge on any atom is 0.168 e. The third kappa shape index (κ3) is 3.02. The van der Waals surface area contributed by atoms with E-state index < -0.39 is 10.7 Å². The molecule has 0 unspecified atom stereocenters. The first kappa shape index (κ1) is 18.3. The van der Waals surface area contributed by atoms with Crippen LogP contribution in [0.2, 0.25) is 0 Å². The van der Waals surface area contributed by atoms with Crippen molar-refractivity contribution in [2.45, 2.75) is 90.1 Å². The average molecular weight is 339 g/mol. The van der Waals surface area contributed by atoms with Crippen LogP contribution in [0.25, 0.3) is 0 Å². The zero-order valence-electron chi connectivity index (χ0n) is 15.1. The van der Waals surface area contributed by atoms with Crippen LogP contribution in [0.4, 0.5) is 0 Å². The molecule has 4 heteroatoms. The van der Waals surface area contributed by atoms with Crippen molar-refractivity contribution in [2.24, 2.45) is 0 Å². The van der Waals surface area contributed by atoms with E-state index in [4.69, 9.17) is 4.74 Å². The number of rotatable bonds is 6. The van der Waals surface area contributed by atoms with Crippen LogP contribution in [0, 0.1) is 0 Å². The molecule has 23 heavy (non-hydrogen) atoms. The zero-order chi connectivity index (χ0) is 17.2. The van der Waals surface area contributed by atoms with Gasteiger partial charge in [0.15, 0.2) is 10.7 Å². The maximum absolute atomic E-state index is 12.0. The fourth-order valence-corrected chi connectivity index (χ4v) is 5.06. The second-order valence-electron chi connectivity index (χ2n) is 6.40. The molecular weight excluding hydrogens is 308 g/mol. The number of benzene rings is 1. The van der Waals surface area contributed by atoms with E-state index in [1.165, 1.54) is 0 Å². The third-order valence-electron chi connectivity index (χ3n) is 5.53. The van der Waals surface area contributed by atoms with Crippen LogP contribution >= 0.6 is 0 Å². The Morgan fingerprint density at radius 1 is 0.913 bits per heavy atom. The fourth-order valence-electron chi connectivity index (χ4n) is 4.04. The molecule has 1 aromatic rings. The molecular formula is C19H30O3S. The van der Waals surface area contributed by atoms with Gasteiger partial charge in [-0.15, -0.1) is 0 Å². The molecule has 0 radical (unpaired) electrons. The zero-order valence-corrected chi connectivity index (χ0v) is 16.0. The number of hydrogen-bond donors (Lipinski definition) is 1. The SMILES string of the molecule is CCc1c(CC)c([SH](=O)=O)c(CC)c2c1OC(CC)(CC)CC2. The smallest absolute Gasteiger partial charge is 0.168 e. The summed E-state index contributed by atoms with van der Waals surface area (Å²) in [4.78, 5) is 0.574. The quantitative estimate of drug-likeness (QED) is 0.790. The first-order valence-electron chi connectivity index (χ1n) is 9.01. The van der Waals surface area contributed by atoms with E-state index in [0.29, 0.717) is 4.90 Å². The summed E-state index contributed by atoms with van der Waals surface area (Å²) in [7, 11) is -2.57. The molecule has 0 amide bonds. The molecule has 2 rings (SSSR count). The van der Waals surface area contributed by atoms with Gasteiger partial charge in [-0.3, -0.25) is 0 Å². The molecule has 0 N–H and O–H groups in total. The first-order valence-corrected chi connectivity index (χ1v) is 10.2. The van der Waals surface area contributed by atoms with Crippen molar-refractivity contribution < 1.29 is 13.2 Å². The predicted molar refractivity (Wildman–Crippen MR) is 95.4 cm³/mol. The molecule has 130 valence electrons. The van der Waals surface area contributed by atoms with E-state index in [0.717, 1.165) is 72.9 Å². The summed E-state index contributed by atoms with van der Waals surface area (Å²) in [6, 6.07) is 0. The number of hydrogen-bond acceptors (Lipinski definition) is 3. The van der Waals surface area contributed by atoms with Crippen LogP contribution in [0.1, 0.15) is 76.1 Å². The van der Waals surface area contributed by atoms with Gasteiger partial charge in [-0.05, 0) is 67.2 Å². The average Bonchev–Trinajstić information content (AvgIpc) is 2.58. The Hall–Kier alpha value is -1.03. The van der Waals surface area contributed by atoms with Crippen LogP contribution in [0.3, 0.4) is 0 Å². The molecule has 0 aliphatic carbocycles. The van der Waals surface area contributed by atoms with Crippen LogP contribution < -0.4 is 4.74 Å². The van der Waals surface area contributed by atoms with E-state index in [1.807, 2.05) is 13.8 Å². The van der Waals surface area contributed by atoms with E-state index >= 15 is 0 Å². The van der Waals surface area contributed by atoms with Crippen molar-refractivity contribution in [3.63, 3.8) is 0 Å². The lowest BCUT2D eigenvalue weighted by Crippen LogP contribution is -2.39. The summed E-state index contributed by atoms with van der Waals surface area (Å²) >= 11 is 0. The van der Waals surface area contributed by atoms with E-state index in [2.05, 4.69) is 20.8 Å². The second-order valence-corrected chi connectivity index (χ2v) is 7.36. The molecule has 1 aliphatic rings. The summed E-state index contributed by atoms with van der Waals surface area (Å²) in [6.07, 6.45) is 6.18. The van der Waals surface area contributed by atoms with E-state index in [1.54, 1.807) is 0 Å². The van der Waals surface area contributed by atoms with Gasteiger partial charge in [0.2, 0.25) is 0 Å². The van der Waals surface area contributed by atoms with Gasteiger partial charge in [0.1, 0.15) is 11.4 Å². The third-order valence-corrected chi connectivity index (χ3v) is 6.43. The lowest BCUT2D eigenvalue weighted by Gasteiger charge is -2.40. The van der Waals surface area contributed by atoms with Gasteiger partial charge in [0.25, 0.3) is 0 Å². The Kier molecular flexibility index (Phi) is 5.77. The Labute approximate surface area is 142 Å². The summed E-state index contributed by atoms with van der Waals surface area (Å²) in [5, 5.41) is 0. The van der Waals surface area contributed by atoms with Crippen molar-refractivity contribution in [3.05, 3.63) is 22.3 Å². The number of thiol groups is 1. The molecule has 0 saturated heterocycles. The van der Waals surface area contributed by atoms with Gasteiger partial charge in [-0.1, -0.05) is 34.6 Å². The maximum atomic E-state index is 12.0. The molecule has 1 aliphatic heterocycles. The van der Waals surface area contributed by atoms with E-state index in [9.17, 15) is 8.42 Å². The summed E-state index contributed by atoms with van der Waals surface area (Å²) in [6.45, 7) is 10.6. The van der Waals surface area contributed by atoms with Crippen molar-refractivity contribution >= 4 is 10.7 Å². The Morgan fingerprint density at radius 2 is 1.48 bits per heavy atom. The number of fused-ring (bicyclic) bond motifs is 1. The molecule has 0 saturated carbocycles. The monoisotopic (exact) mass is 338 g/mol. The van der Waals surface area contributed by atoms with Crippen molar-refractivity contribution in [1.82, 2.24) is 0 Å². The molecule has 0 bridgehead atoms. The van der Waals surface area contributed by atoms with Gasteiger partial charge >= 0.3 is 0 Å². The lowest BCUT2D eigenvalue weighted by atomic mass is 9.82. The second kappa shape index (κ2) is 7.25. The first-order chi connectivity index (χ1) is 11.0. The van der Waals surface area contributed by atoms with Crippen LogP contribution in [0.15, 0.2) is 4.90 Å². The van der Waals surface area contributed by atoms with E-state index in [-0.39, 0.29) is 5.60 Å². The normalized spacial score (nSPS) is 16.3. The molecule has 0 spiro atoms. The minimum absolute atomic E-state index is 0.0892. The van der Waals surface area contributed by atoms with Crippen molar-refractivity contribution in [3.8, 4) is 5.75 Å². The Balaban J connectivity index is 2.80. The Bertz CT molecular complexity index is 622. The molecule has 0 aromatic heterocycles. The molecule has 1 heterocycles. The van der Waals surface area contributed by atoms with Crippen molar-refractivity contribution in [1.29, 1.82) is 0 Å². The largest absolute Gasteiger partial charge is 0.487 e. The fraction of sp³-hybridized carbons (Fsp3) is 0.684. The van der Waals surface area contributed by atoms with Crippen molar-refractivity contribution in [2.75, 3.05) is 0 Å². The van der Waals surface area contributed by atoms with Crippen LogP contribution in [-0.4, -0.2) is 14.0 Å². The highest BCUT2D eigenvalue weighted by Crippen LogP contribution is 2.44. The molecule has 1 aromatic carbocycles. The topological polar surface area (TPSA) is 43.4 Å². The standard InChI is InChI=1S/C19H30O3S/c1-6-13-14(7-2)18(23(20)21)15(8-3)16-11-12-19(9-4,10-5)22-17(13)16/h23H,6-12H2,1-5H3. The molecule has 0 atom stereocenters. The minimum atomic E-state index is -2.57. The number of ether oxygens (including phenoxy) is 1. The lowest BCUT2D eigenvalue weighted by molar-refractivity contribution is 0.0367. The van der Waals surface area contributed by atoms with Gasteiger partial charge in [0.05, 0.1) is 4.90 Å². The summed E-state index contributed by atoms with van der Waals surface area (Å²) in [5.74, 6) is 0.997. The van der Waals surface area contributed by atoms with Gasteiger partial charge < -0.3 is 4.74 Å². The highest BCUT2D eigenvalue weighted by Gasteiger charge is 2.36. The highest BCUT2D eigenvalue weighted by molar-refractivity contribution is 7.72. The summed E-state index contributed by atoms with van der Waals surface area (Å²) < 4.78 is 30.5. The van der Waals surface area contributed by atoms with Gasteiger partial charge in [-0.25, -0.2) is 8.42 Å². The predicted octanol–water partition coefficient (Wildman–Crippen LogP) is 4.23.